The molecule has 0 bridgehead atoms. The Hall–Kier alpha value is -2.15. The zero-order chi connectivity index (χ0) is 13.9. The normalized spacial score (nSPS) is 13.1. The van der Waals surface area contributed by atoms with Crippen LogP contribution in [-0.4, -0.2) is 19.9 Å². The molecule has 1 aromatic heterocycles. The lowest BCUT2D eigenvalue weighted by Crippen LogP contribution is -2.21. The van der Waals surface area contributed by atoms with E-state index in [9.17, 15) is 18.5 Å². The van der Waals surface area contributed by atoms with Crippen LogP contribution in [0.25, 0.3) is 0 Å². The van der Waals surface area contributed by atoms with Gasteiger partial charge in [0.25, 0.3) is 0 Å². The summed E-state index contributed by atoms with van der Waals surface area (Å²) in [5.74, 6) is 0.0700. The Balaban J connectivity index is 2.47. The van der Waals surface area contributed by atoms with E-state index in [1.165, 1.54) is 30.5 Å². The average Bonchev–Trinajstić information content (AvgIpc) is 2.90. The molecule has 19 heavy (non-hydrogen) atoms. The smallest absolute Gasteiger partial charge is 0.228 e. The molecule has 0 aliphatic carbocycles. The third-order valence-corrected chi connectivity index (χ3v) is 4.68. The molecule has 1 aromatic carbocycles. The van der Waals surface area contributed by atoms with Crippen LogP contribution in [0.5, 0.6) is 0 Å². The monoisotopic (exact) mass is 281 g/mol. The van der Waals surface area contributed by atoms with Crippen molar-refractivity contribution in [3.63, 3.8) is 0 Å². The number of sulfone groups is 1. The molecule has 6 nitrogen and oxygen atoms in total. The van der Waals surface area contributed by atoms with Gasteiger partial charge < -0.3 is 4.42 Å². The molecule has 0 radical (unpaired) electrons. The summed E-state index contributed by atoms with van der Waals surface area (Å²) in [7, 11) is -3.85. The molecule has 0 spiro atoms. The van der Waals surface area contributed by atoms with Crippen LogP contribution in [0, 0.1) is 10.1 Å². The highest BCUT2D eigenvalue weighted by atomic mass is 32.2. The van der Waals surface area contributed by atoms with E-state index in [1.54, 1.807) is 18.2 Å². The fraction of sp³-hybridized carbons (Fsp3) is 0.167. The van der Waals surface area contributed by atoms with Crippen LogP contribution in [0.3, 0.4) is 0 Å². The van der Waals surface area contributed by atoms with Gasteiger partial charge in [-0.3, -0.25) is 10.1 Å². The van der Waals surface area contributed by atoms with Crippen LogP contribution in [-0.2, 0) is 9.84 Å². The third-order valence-electron chi connectivity index (χ3n) is 2.62. The molecular formula is C12H11NO5S. The molecule has 100 valence electrons. The van der Waals surface area contributed by atoms with Gasteiger partial charge in [0.15, 0.2) is 15.1 Å². The van der Waals surface area contributed by atoms with Crippen molar-refractivity contribution in [2.45, 2.75) is 10.1 Å². The second kappa shape index (κ2) is 5.23. The zero-order valence-corrected chi connectivity index (χ0v) is 10.6. The first-order valence-electron chi connectivity index (χ1n) is 5.46. The minimum Gasteiger partial charge on any atom is -0.468 e. The van der Waals surface area contributed by atoms with Gasteiger partial charge in [0, 0.05) is 4.92 Å². The van der Waals surface area contributed by atoms with Gasteiger partial charge in [0.2, 0.25) is 6.54 Å². The van der Waals surface area contributed by atoms with E-state index in [-0.39, 0.29) is 10.7 Å². The largest absolute Gasteiger partial charge is 0.468 e. The number of hydrogen-bond donors (Lipinski definition) is 0. The number of rotatable bonds is 5. The van der Waals surface area contributed by atoms with Crippen molar-refractivity contribution < 1.29 is 17.8 Å². The molecule has 1 atom stereocenters. The lowest BCUT2D eigenvalue weighted by atomic mass is 10.3. The Morgan fingerprint density at radius 3 is 2.37 bits per heavy atom. The number of benzene rings is 1. The van der Waals surface area contributed by atoms with Crippen molar-refractivity contribution in [1.29, 1.82) is 0 Å². The lowest BCUT2D eigenvalue weighted by molar-refractivity contribution is -0.480. The van der Waals surface area contributed by atoms with Crippen LogP contribution >= 0.6 is 0 Å². The highest BCUT2D eigenvalue weighted by Crippen LogP contribution is 2.29. The minimum absolute atomic E-state index is 0.0400. The first kappa shape index (κ1) is 13.3. The van der Waals surface area contributed by atoms with Crippen molar-refractivity contribution in [3.8, 4) is 0 Å². The number of hydrogen-bond acceptors (Lipinski definition) is 5. The fourth-order valence-electron chi connectivity index (χ4n) is 1.73. The molecule has 0 saturated carbocycles. The predicted octanol–water partition coefficient (Wildman–Crippen LogP) is 2.07. The first-order valence-corrected chi connectivity index (χ1v) is 7.00. The van der Waals surface area contributed by atoms with E-state index in [0.29, 0.717) is 0 Å². The van der Waals surface area contributed by atoms with Crippen molar-refractivity contribution in [2.24, 2.45) is 0 Å². The van der Waals surface area contributed by atoms with E-state index >= 15 is 0 Å². The van der Waals surface area contributed by atoms with Crippen molar-refractivity contribution in [1.82, 2.24) is 0 Å². The second-order valence-electron chi connectivity index (χ2n) is 3.88. The number of furan rings is 1. The SMILES string of the molecule is O=[N+]([O-])C[C@H](c1ccco1)S(=O)(=O)c1ccccc1. The molecule has 7 heteroatoms. The molecule has 0 saturated heterocycles. The van der Waals surface area contributed by atoms with E-state index in [4.69, 9.17) is 4.42 Å². The Morgan fingerprint density at radius 1 is 1.16 bits per heavy atom. The first-order chi connectivity index (χ1) is 9.01. The van der Waals surface area contributed by atoms with Gasteiger partial charge in [-0.05, 0) is 24.3 Å². The standard InChI is InChI=1S/C12H11NO5S/c14-13(15)9-12(11-7-4-8-18-11)19(16,17)10-5-2-1-3-6-10/h1-8,12H,9H2/t12-/m1/s1. The van der Waals surface area contributed by atoms with Crippen LogP contribution < -0.4 is 0 Å². The molecule has 2 aromatic rings. The van der Waals surface area contributed by atoms with Crippen molar-refractivity contribution in [2.75, 3.05) is 6.54 Å². The molecule has 0 aliphatic heterocycles. The molecule has 2 rings (SSSR count). The molecule has 0 N–H and O–H groups in total. The molecule has 0 amide bonds. The van der Waals surface area contributed by atoms with E-state index in [0.717, 1.165) is 0 Å². The zero-order valence-electron chi connectivity index (χ0n) is 9.80. The average molecular weight is 281 g/mol. The van der Waals surface area contributed by atoms with Gasteiger partial charge in [-0.15, -0.1) is 0 Å². The summed E-state index contributed by atoms with van der Waals surface area (Å²) in [5.41, 5.74) is 0. The van der Waals surface area contributed by atoms with Crippen molar-refractivity contribution in [3.05, 3.63) is 64.6 Å². The summed E-state index contributed by atoms with van der Waals surface area (Å²) >= 11 is 0. The second-order valence-corrected chi connectivity index (χ2v) is 6.01. The topological polar surface area (TPSA) is 90.4 Å². The van der Waals surface area contributed by atoms with E-state index in [1.807, 2.05) is 0 Å². The highest BCUT2D eigenvalue weighted by Gasteiger charge is 2.35. The van der Waals surface area contributed by atoms with Crippen LogP contribution in [0.4, 0.5) is 0 Å². The van der Waals surface area contributed by atoms with E-state index in [2.05, 4.69) is 0 Å². The Kier molecular flexibility index (Phi) is 3.66. The third kappa shape index (κ3) is 2.82. The highest BCUT2D eigenvalue weighted by molar-refractivity contribution is 7.91. The van der Waals surface area contributed by atoms with Gasteiger partial charge in [0.1, 0.15) is 5.76 Å². The molecule has 0 aliphatic rings. The maximum atomic E-state index is 12.4. The van der Waals surface area contributed by atoms with Gasteiger partial charge >= 0.3 is 0 Å². The number of nitrogens with zero attached hydrogens (tertiary/aromatic N) is 1. The quantitative estimate of drug-likeness (QED) is 0.618. The van der Waals surface area contributed by atoms with Gasteiger partial charge in [-0.25, -0.2) is 8.42 Å². The Morgan fingerprint density at radius 2 is 1.84 bits per heavy atom. The summed E-state index contributed by atoms with van der Waals surface area (Å²) in [4.78, 5) is 10.1. The summed E-state index contributed by atoms with van der Waals surface area (Å²) in [6.45, 7) is -0.731. The predicted molar refractivity (Wildman–Crippen MR) is 66.9 cm³/mol. The van der Waals surface area contributed by atoms with Gasteiger partial charge in [-0.1, -0.05) is 18.2 Å². The summed E-state index contributed by atoms with van der Waals surface area (Å²) in [6.07, 6.45) is 1.29. The molecule has 0 unspecified atom stereocenters. The van der Waals surface area contributed by atoms with Crippen molar-refractivity contribution >= 4 is 9.84 Å². The lowest BCUT2D eigenvalue weighted by Gasteiger charge is -2.11. The van der Waals surface area contributed by atoms with Crippen LogP contribution in [0.1, 0.15) is 11.0 Å². The maximum Gasteiger partial charge on any atom is 0.228 e. The van der Waals surface area contributed by atoms with E-state index < -0.39 is 26.6 Å². The summed E-state index contributed by atoms with van der Waals surface area (Å²) in [5, 5.41) is 9.36. The molecular weight excluding hydrogens is 270 g/mol. The molecule has 0 fully saturated rings. The van der Waals surface area contributed by atoms with Gasteiger partial charge in [-0.2, -0.15) is 0 Å². The molecule has 1 heterocycles. The summed E-state index contributed by atoms with van der Waals surface area (Å²) < 4.78 is 29.8. The van der Waals surface area contributed by atoms with Crippen LogP contribution in [0.2, 0.25) is 0 Å². The number of nitro groups is 1. The summed E-state index contributed by atoms with van der Waals surface area (Å²) in [6, 6.07) is 10.6. The van der Waals surface area contributed by atoms with Crippen LogP contribution in [0.15, 0.2) is 58.0 Å². The maximum absolute atomic E-state index is 12.4. The minimum atomic E-state index is -3.85. The van der Waals surface area contributed by atoms with Gasteiger partial charge in [0.05, 0.1) is 11.2 Å². The Bertz CT molecular complexity index is 649. The fourth-order valence-corrected chi connectivity index (χ4v) is 3.35. The Labute approximate surface area is 109 Å².